The summed E-state index contributed by atoms with van der Waals surface area (Å²) < 4.78 is 19.9. The number of hydrogen-bond donors (Lipinski definition) is 1. The van der Waals surface area contributed by atoms with Crippen LogP contribution in [-0.2, 0) is 9.53 Å². The average molecular weight is 326 g/mol. The molecule has 3 rings (SSSR count). The Morgan fingerprint density at radius 3 is 2.86 bits per heavy atom. The number of rotatable bonds is 2. The highest BCUT2D eigenvalue weighted by atomic mass is 35.5. The largest absolute Gasteiger partial charge is 0.370 e. The molecule has 5 heteroatoms. The highest BCUT2D eigenvalue weighted by Gasteiger charge is 2.40. The second-order valence-electron chi connectivity index (χ2n) is 6.33. The molecule has 1 N–H and O–H groups in total. The van der Waals surface area contributed by atoms with Crippen LogP contribution in [0.4, 0.5) is 4.39 Å². The lowest BCUT2D eigenvalue weighted by Gasteiger charge is -2.45. The Morgan fingerprint density at radius 1 is 1.36 bits per heavy atom. The third-order valence-electron chi connectivity index (χ3n) is 4.78. The van der Waals surface area contributed by atoms with Crippen molar-refractivity contribution >= 4 is 17.5 Å². The van der Waals surface area contributed by atoms with Gasteiger partial charge in [0.15, 0.2) is 0 Å². The van der Waals surface area contributed by atoms with Crippen LogP contribution in [0.5, 0.6) is 0 Å². The van der Waals surface area contributed by atoms with Gasteiger partial charge in [-0.05, 0) is 37.0 Å². The van der Waals surface area contributed by atoms with Gasteiger partial charge in [0, 0.05) is 18.9 Å². The Labute approximate surface area is 135 Å². The van der Waals surface area contributed by atoms with Gasteiger partial charge in [0.05, 0.1) is 17.2 Å². The zero-order valence-corrected chi connectivity index (χ0v) is 13.4. The minimum Gasteiger partial charge on any atom is -0.370 e. The molecule has 1 saturated heterocycles. The van der Waals surface area contributed by atoms with Crippen LogP contribution in [0.2, 0.25) is 5.02 Å². The number of fused-ring (bicyclic) bond motifs is 1. The van der Waals surface area contributed by atoms with Gasteiger partial charge in [-0.3, -0.25) is 4.79 Å². The monoisotopic (exact) mass is 325 g/mol. The quantitative estimate of drug-likeness (QED) is 0.892. The molecular formula is C17H21ClFNO2. The molecule has 1 aliphatic heterocycles. The van der Waals surface area contributed by atoms with E-state index in [4.69, 9.17) is 16.3 Å². The van der Waals surface area contributed by atoms with Gasteiger partial charge in [-0.2, -0.15) is 0 Å². The Kier molecular flexibility index (Phi) is 4.69. The summed E-state index contributed by atoms with van der Waals surface area (Å²) in [6, 6.07) is 4.92. The van der Waals surface area contributed by atoms with E-state index in [1.54, 1.807) is 13.0 Å². The number of benzene rings is 1. The lowest BCUT2D eigenvalue weighted by atomic mass is 9.76. The standard InChI is InChI=1S/C17H21ClFNO2/c1-10(21)20-15-9-17(11-6-7-13(18)14(19)8-11)22-16-5-3-2-4-12(15)16/h6-8,12,15-17H,2-5,9H2,1H3,(H,20,21)/t12-,15+,16+,17+/m0/s1. The first kappa shape index (κ1) is 15.8. The molecule has 4 atom stereocenters. The minimum atomic E-state index is -0.426. The molecule has 0 radical (unpaired) electrons. The number of hydrogen-bond acceptors (Lipinski definition) is 2. The first-order chi connectivity index (χ1) is 10.5. The van der Waals surface area contributed by atoms with E-state index in [-0.39, 0.29) is 29.2 Å². The van der Waals surface area contributed by atoms with Gasteiger partial charge in [0.1, 0.15) is 5.82 Å². The van der Waals surface area contributed by atoms with E-state index in [2.05, 4.69) is 5.32 Å². The summed E-state index contributed by atoms with van der Waals surface area (Å²) in [4.78, 5) is 11.5. The van der Waals surface area contributed by atoms with Crippen molar-refractivity contribution in [3.8, 4) is 0 Å². The normalized spacial score (nSPS) is 31.4. The fourth-order valence-electron chi connectivity index (χ4n) is 3.78. The SMILES string of the molecule is CC(=O)N[C@@H]1C[C@H](c2ccc(Cl)c(F)c2)O[C@@H]2CCCC[C@@H]12. The van der Waals surface area contributed by atoms with Crippen LogP contribution in [0.1, 0.15) is 50.7 Å². The lowest BCUT2D eigenvalue weighted by Crippen LogP contribution is -2.50. The van der Waals surface area contributed by atoms with Crippen molar-refractivity contribution in [1.82, 2.24) is 5.32 Å². The van der Waals surface area contributed by atoms with Gasteiger partial charge in [-0.1, -0.05) is 30.5 Å². The maximum atomic E-state index is 13.7. The summed E-state index contributed by atoms with van der Waals surface area (Å²) >= 11 is 5.75. The molecule has 0 aromatic heterocycles. The van der Waals surface area contributed by atoms with Gasteiger partial charge in [0.2, 0.25) is 5.91 Å². The first-order valence-corrected chi connectivity index (χ1v) is 8.30. The van der Waals surface area contributed by atoms with Crippen molar-refractivity contribution in [2.45, 2.75) is 57.3 Å². The van der Waals surface area contributed by atoms with E-state index in [1.165, 1.54) is 12.5 Å². The number of carbonyl (C=O) groups is 1. The molecule has 1 amide bonds. The summed E-state index contributed by atoms with van der Waals surface area (Å²) in [7, 11) is 0. The van der Waals surface area contributed by atoms with E-state index in [0.717, 1.165) is 24.8 Å². The van der Waals surface area contributed by atoms with Crippen LogP contribution in [0.15, 0.2) is 18.2 Å². The van der Waals surface area contributed by atoms with Crippen LogP contribution >= 0.6 is 11.6 Å². The van der Waals surface area contributed by atoms with Gasteiger partial charge in [-0.15, -0.1) is 0 Å². The Bertz CT molecular complexity index is 566. The molecule has 1 aromatic rings. The van der Waals surface area contributed by atoms with E-state index >= 15 is 0 Å². The summed E-state index contributed by atoms with van der Waals surface area (Å²) in [6.07, 6.45) is 5.05. The van der Waals surface area contributed by atoms with Crippen molar-refractivity contribution in [3.63, 3.8) is 0 Å². The van der Waals surface area contributed by atoms with E-state index in [9.17, 15) is 9.18 Å². The summed E-state index contributed by atoms with van der Waals surface area (Å²) in [5, 5.41) is 3.19. The fourth-order valence-corrected chi connectivity index (χ4v) is 3.90. The topological polar surface area (TPSA) is 38.3 Å². The van der Waals surface area contributed by atoms with Crippen molar-refractivity contribution in [2.75, 3.05) is 0 Å². The lowest BCUT2D eigenvalue weighted by molar-refractivity contribution is -0.131. The number of amides is 1. The van der Waals surface area contributed by atoms with Crippen LogP contribution < -0.4 is 5.32 Å². The molecule has 3 nitrogen and oxygen atoms in total. The number of nitrogens with one attached hydrogen (secondary N) is 1. The number of halogens is 2. The van der Waals surface area contributed by atoms with E-state index in [0.29, 0.717) is 12.3 Å². The zero-order chi connectivity index (χ0) is 15.7. The van der Waals surface area contributed by atoms with E-state index in [1.807, 2.05) is 6.07 Å². The highest BCUT2D eigenvalue weighted by molar-refractivity contribution is 6.30. The van der Waals surface area contributed by atoms with Crippen LogP contribution in [0.3, 0.4) is 0 Å². The van der Waals surface area contributed by atoms with Crippen LogP contribution in [-0.4, -0.2) is 18.1 Å². The average Bonchev–Trinajstić information content (AvgIpc) is 2.49. The minimum absolute atomic E-state index is 0.0164. The molecule has 1 heterocycles. The molecule has 0 unspecified atom stereocenters. The van der Waals surface area contributed by atoms with Gasteiger partial charge >= 0.3 is 0 Å². The Hall–Kier alpha value is -1.13. The fraction of sp³-hybridized carbons (Fsp3) is 0.588. The van der Waals surface area contributed by atoms with Crippen molar-refractivity contribution < 1.29 is 13.9 Å². The molecular weight excluding hydrogens is 305 g/mol. The molecule has 0 bridgehead atoms. The van der Waals surface area contributed by atoms with Gasteiger partial charge in [-0.25, -0.2) is 4.39 Å². The van der Waals surface area contributed by atoms with Crippen molar-refractivity contribution in [3.05, 3.63) is 34.6 Å². The van der Waals surface area contributed by atoms with E-state index < -0.39 is 5.82 Å². The smallest absolute Gasteiger partial charge is 0.217 e. The summed E-state index contributed by atoms with van der Waals surface area (Å²) in [5.74, 6) is -0.0760. The third-order valence-corrected chi connectivity index (χ3v) is 5.09. The predicted octanol–water partition coefficient (Wildman–Crippen LogP) is 4.00. The van der Waals surface area contributed by atoms with Crippen molar-refractivity contribution in [1.29, 1.82) is 0 Å². The second-order valence-corrected chi connectivity index (χ2v) is 6.73. The van der Waals surface area contributed by atoms with Crippen molar-refractivity contribution in [2.24, 2.45) is 5.92 Å². The molecule has 1 saturated carbocycles. The number of ether oxygens (including phenoxy) is 1. The molecule has 2 aliphatic rings. The van der Waals surface area contributed by atoms with Gasteiger partial charge in [0.25, 0.3) is 0 Å². The predicted molar refractivity (Wildman–Crippen MR) is 83.2 cm³/mol. The third kappa shape index (κ3) is 3.28. The van der Waals surface area contributed by atoms with Gasteiger partial charge < -0.3 is 10.1 Å². The Morgan fingerprint density at radius 2 is 2.14 bits per heavy atom. The van der Waals surface area contributed by atoms with Crippen LogP contribution in [0, 0.1) is 11.7 Å². The maximum Gasteiger partial charge on any atom is 0.217 e. The molecule has 120 valence electrons. The molecule has 22 heavy (non-hydrogen) atoms. The summed E-state index contributed by atoms with van der Waals surface area (Å²) in [5.41, 5.74) is 0.793. The molecule has 1 aliphatic carbocycles. The molecule has 0 spiro atoms. The maximum absolute atomic E-state index is 13.7. The molecule has 1 aromatic carbocycles. The second kappa shape index (κ2) is 6.55. The Balaban J connectivity index is 1.82. The summed E-state index contributed by atoms with van der Waals surface area (Å²) in [6.45, 7) is 1.55. The first-order valence-electron chi connectivity index (χ1n) is 7.92. The van der Waals surface area contributed by atoms with Crippen LogP contribution in [0.25, 0.3) is 0 Å². The molecule has 2 fully saturated rings. The number of carbonyl (C=O) groups excluding carboxylic acids is 1. The zero-order valence-electron chi connectivity index (χ0n) is 12.6. The highest BCUT2D eigenvalue weighted by Crippen LogP contribution is 2.41.